The molecule has 0 bridgehead atoms. The van der Waals surface area contributed by atoms with Gasteiger partial charge in [-0.1, -0.05) is 39.7 Å². The molecule has 1 aromatic rings. The summed E-state index contributed by atoms with van der Waals surface area (Å²) in [6.07, 6.45) is 3.44. The maximum absolute atomic E-state index is 12.4. The predicted molar refractivity (Wildman–Crippen MR) is 78.5 cm³/mol. The maximum atomic E-state index is 12.4. The lowest BCUT2D eigenvalue weighted by molar-refractivity contribution is 0.0672. The third kappa shape index (κ3) is 3.27. The molecule has 98 valence electrons. The second kappa shape index (κ2) is 6.58. The molecular weight excluding hydrogens is 314 g/mol. The lowest BCUT2D eigenvalue weighted by Gasteiger charge is -2.32. The van der Waals surface area contributed by atoms with Gasteiger partial charge >= 0.3 is 0 Å². The molecule has 18 heavy (non-hydrogen) atoms. The zero-order valence-electron chi connectivity index (χ0n) is 10.2. The molecule has 0 N–H and O–H groups in total. The summed E-state index contributed by atoms with van der Waals surface area (Å²) in [7, 11) is 0. The minimum absolute atomic E-state index is 0.0693. The first-order valence-electron chi connectivity index (χ1n) is 6.32. The van der Waals surface area contributed by atoms with Crippen molar-refractivity contribution in [3.63, 3.8) is 0 Å². The van der Waals surface area contributed by atoms with Gasteiger partial charge in [-0.15, -0.1) is 0 Å². The average Bonchev–Trinajstić information content (AvgIpc) is 2.39. The summed E-state index contributed by atoms with van der Waals surface area (Å²) in [5.74, 6) is 0.685. The smallest absolute Gasteiger partial charge is 0.255 e. The molecule has 1 heterocycles. The van der Waals surface area contributed by atoms with Crippen molar-refractivity contribution in [3.05, 3.63) is 34.9 Å². The quantitative estimate of drug-likeness (QED) is 0.768. The highest BCUT2D eigenvalue weighted by Gasteiger charge is 2.24. The van der Waals surface area contributed by atoms with Crippen molar-refractivity contribution in [2.75, 3.05) is 18.4 Å². The Balaban J connectivity index is 2.07. The minimum Gasteiger partial charge on any atom is -0.338 e. The number of carbonyl (C=O) groups is 1. The van der Waals surface area contributed by atoms with Crippen LogP contribution in [0.15, 0.2) is 24.3 Å². The van der Waals surface area contributed by atoms with Crippen molar-refractivity contribution in [1.82, 2.24) is 4.90 Å². The van der Waals surface area contributed by atoms with E-state index in [4.69, 9.17) is 11.6 Å². The van der Waals surface area contributed by atoms with Crippen LogP contribution in [0.1, 0.15) is 29.6 Å². The van der Waals surface area contributed by atoms with E-state index in [9.17, 15) is 4.79 Å². The number of hydrogen-bond acceptors (Lipinski definition) is 1. The molecule has 1 saturated heterocycles. The Labute approximate surface area is 121 Å². The lowest BCUT2D eigenvalue weighted by atomic mass is 9.95. The summed E-state index contributed by atoms with van der Waals surface area (Å²) in [6, 6.07) is 7.29. The Bertz CT molecular complexity index is 422. The third-order valence-electron chi connectivity index (χ3n) is 3.43. The first-order valence-corrected chi connectivity index (χ1v) is 7.82. The first-order chi connectivity index (χ1) is 8.72. The fourth-order valence-corrected chi connectivity index (χ4v) is 3.31. The van der Waals surface area contributed by atoms with Gasteiger partial charge < -0.3 is 4.90 Å². The van der Waals surface area contributed by atoms with Gasteiger partial charge in [0.15, 0.2) is 0 Å². The van der Waals surface area contributed by atoms with Gasteiger partial charge in [-0.05, 0) is 37.3 Å². The van der Waals surface area contributed by atoms with Gasteiger partial charge in [-0.2, -0.15) is 0 Å². The molecule has 1 aliphatic heterocycles. The van der Waals surface area contributed by atoms with Crippen LogP contribution < -0.4 is 0 Å². The number of halogens is 2. The second-order valence-electron chi connectivity index (χ2n) is 4.72. The van der Waals surface area contributed by atoms with E-state index < -0.39 is 0 Å². The number of alkyl halides is 1. The zero-order chi connectivity index (χ0) is 13.0. The van der Waals surface area contributed by atoms with E-state index in [1.165, 1.54) is 6.42 Å². The van der Waals surface area contributed by atoms with E-state index in [0.29, 0.717) is 16.5 Å². The van der Waals surface area contributed by atoms with Crippen molar-refractivity contribution < 1.29 is 4.79 Å². The first kappa shape index (κ1) is 13.9. The van der Waals surface area contributed by atoms with Gasteiger partial charge in [-0.3, -0.25) is 4.79 Å². The van der Waals surface area contributed by atoms with Crippen LogP contribution >= 0.6 is 27.5 Å². The standard InChI is InChI=1S/C14H17BrClNO/c15-8-7-11-4-3-9-17(10-11)14(18)12-5-1-2-6-13(12)16/h1-2,5-6,11H,3-4,7-10H2. The molecule has 0 aliphatic carbocycles. The number of rotatable bonds is 3. The molecule has 2 rings (SSSR count). The largest absolute Gasteiger partial charge is 0.338 e. The molecule has 4 heteroatoms. The number of likely N-dealkylation sites (tertiary alicyclic amines) is 1. The zero-order valence-corrected chi connectivity index (χ0v) is 12.6. The molecular formula is C14H17BrClNO. The normalized spacial score (nSPS) is 19.9. The van der Waals surface area contributed by atoms with E-state index in [2.05, 4.69) is 15.9 Å². The number of hydrogen-bond donors (Lipinski definition) is 0. The summed E-state index contributed by atoms with van der Waals surface area (Å²) in [6.45, 7) is 1.71. The van der Waals surface area contributed by atoms with Crippen molar-refractivity contribution in [3.8, 4) is 0 Å². The van der Waals surface area contributed by atoms with Crippen molar-refractivity contribution in [2.24, 2.45) is 5.92 Å². The number of piperidine rings is 1. The van der Waals surface area contributed by atoms with Gasteiger partial charge in [0.25, 0.3) is 5.91 Å². The summed E-state index contributed by atoms with van der Waals surface area (Å²) in [5, 5.41) is 1.55. The molecule has 0 aromatic heterocycles. The van der Waals surface area contributed by atoms with Crippen molar-refractivity contribution in [2.45, 2.75) is 19.3 Å². The van der Waals surface area contributed by atoms with Gasteiger partial charge in [-0.25, -0.2) is 0 Å². The number of amides is 1. The molecule has 1 unspecified atom stereocenters. The molecule has 1 aromatic carbocycles. The van der Waals surface area contributed by atoms with Gasteiger partial charge in [0.2, 0.25) is 0 Å². The van der Waals surface area contributed by atoms with Crippen LogP contribution in [0.5, 0.6) is 0 Å². The summed E-state index contributed by atoms with van der Waals surface area (Å²) in [5.41, 5.74) is 0.624. The fourth-order valence-electron chi connectivity index (χ4n) is 2.44. The SMILES string of the molecule is O=C(c1ccccc1Cl)N1CCCC(CCBr)C1. The van der Waals surface area contributed by atoms with Crippen LogP contribution in [0.2, 0.25) is 5.02 Å². The second-order valence-corrected chi connectivity index (χ2v) is 5.92. The van der Waals surface area contributed by atoms with E-state index in [0.717, 1.165) is 31.3 Å². The highest BCUT2D eigenvalue weighted by molar-refractivity contribution is 9.09. The summed E-state index contributed by atoms with van der Waals surface area (Å²) in [4.78, 5) is 14.3. The number of carbonyl (C=O) groups excluding carboxylic acids is 1. The molecule has 1 aliphatic rings. The van der Waals surface area contributed by atoms with E-state index in [1.807, 2.05) is 17.0 Å². The fraction of sp³-hybridized carbons (Fsp3) is 0.500. The van der Waals surface area contributed by atoms with Crippen molar-refractivity contribution in [1.29, 1.82) is 0 Å². The molecule has 0 radical (unpaired) electrons. The number of benzene rings is 1. The van der Waals surface area contributed by atoms with E-state index in [-0.39, 0.29) is 5.91 Å². The van der Waals surface area contributed by atoms with E-state index in [1.54, 1.807) is 12.1 Å². The molecule has 0 spiro atoms. The van der Waals surface area contributed by atoms with Gasteiger partial charge in [0.1, 0.15) is 0 Å². The van der Waals surface area contributed by atoms with Crippen LogP contribution in [-0.4, -0.2) is 29.2 Å². The van der Waals surface area contributed by atoms with Gasteiger partial charge in [0, 0.05) is 18.4 Å². The Morgan fingerprint density at radius 1 is 1.44 bits per heavy atom. The van der Waals surface area contributed by atoms with Crippen molar-refractivity contribution >= 4 is 33.4 Å². The summed E-state index contributed by atoms with van der Waals surface area (Å²) >= 11 is 9.55. The highest BCUT2D eigenvalue weighted by atomic mass is 79.9. The number of nitrogens with zero attached hydrogens (tertiary/aromatic N) is 1. The monoisotopic (exact) mass is 329 g/mol. The van der Waals surface area contributed by atoms with Crippen LogP contribution in [0.25, 0.3) is 0 Å². The topological polar surface area (TPSA) is 20.3 Å². The van der Waals surface area contributed by atoms with Crippen LogP contribution in [0, 0.1) is 5.92 Å². The molecule has 0 saturated carbocycles. The van der Waals surface area contributed by atoms with E-state index >= 15 is 0 Å². The Kier molecular flexibility index (Phi) is 5.07. The maximum Gasteiger partial charge on any atom is 0.255 e. The third-order valence-corrected chi connectivity index (χ3v) is 4.22. The summed E-state index contributed by atoms with van der Waals surface area (Å²) < 4.78 is 0. The predicted octanol–water partition coefficient (Wildman–Crippen LogP) is 3.98. The Hall–Kier alpha value is -0.540. The molecule has 1 fully saturated rings. The van der Waals surface area contributed by atoms with Crippen LogP contribution in [-0.2, 0) is 0 Å². The Morgan fingerprint density at radius 2 is 2.22 bits per heavy atom. The molecule has 2 nitrogen and oxygen atoms in total. The Morgan fingerprint density at radius 3 is 2.94 bits per heavy atom. The average molecular weight is 331 g/mol. The highest BCUT2D eigenvalue weighted by Crippen LogP contribution is 2.24. The van der Waals surface area contributed by atoms with Gasteiger partial charge in [0.05, 0.1) is 10.6 Å². The van der Waals surface area contributed by atoms with Crippen LogP contribution in [0.3, 0.4) is 0 Å². The van der Waals surface area contributed by atoms with Crippen LogP contribution in [0.4, 0.5) is 0 Å². The lowest BCUT2D eigenvalue weighted by Crippen LogP contribution is -2.40. The molecule has 1 amide bonds. The minimum atomic E-state index is 0.0693. The molecule has 1 atom stereocenters.